The van der Waals surface area contributed by atoms with Crippen LogP contribution in [0.3, 0.4) is 0 Å². The van der Waals surface area contributed by atoms with Crippen LogP contribution in [-0.2, 0) is 15.6 Å². The summed E-state index contributed by atoms with van der Waals surface area (Å²) in [6, 6.07) is 18.5. The van der Waals surface area contributed by atoms with Crippen molar-refractivity contribution in [2.24, 2.45) is 0 Å². The molecular weight excluding hydrogens is 300 g/mol. The molecule has 0 saturated heterocycles. The van der Waals surface area contributed by atoms with Crippen molar-refractivity contribution in [2.75, 3.05) is 0 Å². The van der Waals surface area contributed by atoms with Crippen LogP contribution >= 0.6 is 0 Å². The molecule has 3 rings (SSSR count). The molecule has 0 radical (unpaired) electrons. The average Bonchev–Trinajstić information content (AvgIpc) is 2.89. The Morgan fingerprint density at radius 1 is 0.909 bits per heavy atom. The minimum atomic E-state index is -3.48. The molecule has 112 valence electrons. The lowest BCUT2D eigenvalue weighted by atomic mass is 10.3. The van der Waals surface area contributed by atoms with Gasteiger partial charge in [-0.15, -0.1) is 0 Å². The molecule has 1 N–H and O–H groups in total. The van der Waals surface area contributed by atoms with Crippen LogP contribution in [0.1, 0.15) is 5.69 Å². The Balaban J connectivity index is 1.94. The van der Waals surface area contributed by atoms with Gasteiger partial charge in [0.15, 0.2) is 9.84 Å². The normalized spacial score (nSPS) is 11.5. The number of benzene rings is 2. The topological polar surface area (TPSA) is 71.9 Å². The molecule has 0 bridgehead atoms. The Kier molecular flexibility index (Phi) is 3.68. The van der Waals surface area contributed by atoms with E-state index in [4.69, 9.17) is 0 Å². The van der Waals surface area contributed by atoms with Crippen molar-refractivity contribution < 1.29 is 8.42 Å². The number of hydrogen-bond acceptors (Lipinski definition) is 3. The summed E-state index contributed by atoms with van der Waals surface area (Å²) in [4.78, 5) is 12.2. The van der Waals surface area contributed by atoms with Gasteiger partial charge in [0, 0.05) is 6.07 Å². The van der Waals surface area contributed by atoms with Crippen molar-refractivity contribution in [1.82, 2.24) is 9.78 Å². The molecule has 6 heteroatoms. The van der Waals surface area contributed by atoms with Crippen molar-refractivity contribution in [3.63, 3.8) is 0 Å². The van der Waals surface area contributed by atoms with Crippen LogP contribution in [0.25, 0.3) is 5.69 Å². The number of nitrogens with one attached hydrogen (secondary N) is 1. The van der Waals surface area contributed by atoms with E-state index in [2.05, 4.69) is 5.10 Å². The molecular formula is C16H14N2O3S. The summed E-state index contributed by atoms with van der Waals surface area (Å²) in [5.41, 5.74) is 0.734. The standard InChI is InChI=1S/C16H14N2O3S/c19-16-11-13(17-18(16)14-7-3-1-4-8-14)12-22(20,21)15-9-5-2-6-10-15/h1-11,17H,12H2. The van der Waals surface area contributed by atoms with Crippen LogP contribution in [0.2, 0.25) is 0 Å². The lowest BCUT2D eigenvalue weighted by Crippen LogP contribution is -2.13. The van der Waals surface area contributed by atoms with Gasteiger partial charge >= 0.3 is 0 Å². The Hall–Kier alpha value is -2.60. The zero-order valence-electron chi connectivity index (χ0n) is 11.6. The van der Waals surface area contributed by atoms with E-state index in [1.165, 1.54) is 10.7 Å². The monoisotopic (exact) mass is 314 g/mol. The maximum absolute atomic E-state index is 12.3. The van der Waals surface area contributed by atoms with Gasteiger partial charge in [0.1, 0.15) is 0 Å². The van der Waals surface area contributed by atoms with Crippen LogP contribution in [0.4, 0.5) is 0 Å². The summed E-state index contributed by atoms with van der Waals surface area (Å²) in [5.74, 6) is -0.244. The van der Waals surface area contributed by atoms with Gasteiger partial charge < -0.3 is 0 Å². The maximum Gasteiger partial charge on any atom is 0.271 e. The van der Waals surface area contributed by atoms with Gasteiger partial charge in [-0.25, -0.2) is 13.1 Å². The highest BCUT2D eigenvalue weighted by Gasteiger charge is 2.17. The van der Waals surface area contributed by atoms with Crippen LogP contribution in [-0.4, -0.2) is 18.2 Å². The summed E-state index contributed by atoms with van der Waals surface area (Å²) in [5, 5.41) is 2.85. The molecule has 0 amide bonds. The SMILES string of the molecule is O=c1cc(CS(=O)(=O)c2ccccc2)[nH]n1-c1ccccc1. The molecule has 0 atom stereocenters. The number of sulfone groups is 1. The van der Waals surface area contributed by atoms with Gasteiger partial charge in [0.25, 0.3) is 5.56 Å². The first-order valence-corrected chi connectivity index (χ1v) is 8.36. The average molecular weight is 314 g/mol. The van der Waals surface area contributed by atoms with E-state index in [0.29, 0.717) is 11.4 Å². The molecule has 3 aromatic rings. The van der Waals surface area contributed by atoms with Crippen molar-refractivity contribution in [2.45, 2.75) is 10.6 Å². The number of hydrogen-bond donors (Lipinski definition) is 1. The summed E-state index contributed by atoms with van der Waals surface area (Å²) >= 11 is 0. The van der Waals surface area contributed by atoms with Crippen LogP contribution in [0.5, 0.6) is 0 Å². The third kappa shape index (κ3) is 2.87. The summed E-state index contributed by atoms with van der Waals surface area (Å²) in [6.07, 6.45) is 0. The Bertz CT molecular complexity index is 926. The molecule has 0 fully saturated rings. The molecule has 5 nitrogen and oxygen atoms in total. The second kappa shape index (κ2) is 5.65. The predicted molar refractivity (Wildman–Crippen MR) is 83.7 cm³/mol. The fraction of sp³-hybridized carbons (Fsp3) is 0.0625. The molecule has 0 unspecified atom stereocenters. The molecule has 0 aliphatic heterocycles. The fourth-order valence-corrected chi connectivity index (χ4v) is 3.50. The molecule has 2 aromatic carbocycles. The minimum Gasteiger partial charge on any atom is -0.294 e. The second-order valence-electron chi connectivity index (χ2n) is 4.86. The number of para-hydroxylation sites is 1. The van der Waals surface area contributed by atoms with E-state index >= 15 is 0 Å². The third-order valence-corrected chi connectivity index (χ3v) is 4.92. The highest BCUT2D eigenvalue weighted by Crippen LogP contribution is 2.14. The highest BCUT2D eigenvalue weighted by molar-refractivity contribution is 7.90. The van der Waals surface area contributed by atoms with Crippen LogP contribution in [0, 0.1) is 0 Å². The first-order chi connectivity index (χ1) is 10.6. The fourth-order valence-electron chi connectivity index (χ4n) is 2.20. The number of H-pyrrole nitrogens is 1. The summed E-state index contributed by atoms with van der Waals surface area (Å²) < 4.78 is 26.0. The van der Waals surface area contributed by atoms with Crippen molar-refractivity contribution >= 4 is 9.84 Å². The maximum atomic E-state index is 12.3. The Morgan fingerprint density at radius 2 is 1.50 bits per heavy atom. The first kappa shape index (κ1) is 14.3. The second-order valence-corrected chi connectivity index (χ2v) is 6.85. The van der Waals surface area contributed by atoms with E-state index in [1.54, 1.807) is 42.5 Å². The van der Waals surface area contributed by atoms with Gasteiger partial charge in [-0.1, -0.05) is 36.4 Å². The predicted octanol–water partition coefficient (Wildman–Crippen LogP) is 2.14. The third-order valence-electron chi connectivity index (χ3n) is 3.24. The number of aromatic amines is 1. The number of rotatable bonds is 4. The molecule has 22 heavy (non-hydrogen) atoms. The van der Waals surface area contributed by atoms with E-state index in [0.717, 1.165) is 0 Å². The summed E-state index contributed by atoms with van der Waals surface area (Å²) in [7, 11) is -3.48. The lowest BCUT2D eigenvalue weighted by Gasteiger charge is -2.03. The van der Waals surface area contributed by atoms with E-state index < -0.39 is 9.84 Å². The van der Waals surface area contributed by atoms with Crippen molar-refractivity contribution in [3.8, 4) is 5.69 Å². The van der Waals surface area contributed by atoms with Gasteiger partial charge in [0.2, 0.25) is 0 Å². The van der Waals surface area contributed by atoms with Crippen molar-refractivity contribution in [1.29, 1.82) is 0 Å². The Labute approximate surface area is 127 Å². The van der Waals surface area contributed by atoms with E-state index in [9.17, 15) is 13.2 Å². The van der Waals surface area contributed by atoms with Gasteiger partial charge in [-0.3, -0.25) is 9.89 Å². The molecule has 1 aromatic heterocycles. The van der Waals surface area contributed by atoms with E-state index in [-0.39, 0.29) is 16.2 Å². The number of nitrogens with zero attached hydrogens (tertiary/aromatic N) is 1. The zero-order chi connectivity index (χ0) is 15.6. The molecule has 0 aliphatic carbocycles. The molecule has 0 saturated carbocycles. The van der Waals surface area contributed by atoms with Gasteiger partial charge in [-0.05, 0) is 24.3 Å². The molecule has 1 heterocycles. The van der Waals surface area contributed by atoms with E-state index in [1.807, 2.05) is 18.2 Å². The van der Waals surface area contributed by atoms with Crippen LogP contribution < -0.4 is 5.56 Å². The van der Waals surface area contributed by atoms with Gasteiger partial charge in [0.05, 0.1) is 22.0 Å². The zero-order valence-corrected chi connectivity index (χ0v) is 12.5. The first-order valence-electron chi connectivity index (χ1n) is 6.70. The largest absolute Gasteiger partial charge is 0.294 e. The van der Waals surface area contributed by atoms with Crippen LogP contribution in [0.15, 0.2) is 76.4 Å². The quantitative estimate of drug-likeness (QED) is 0.802. The van der Waals surface area contributed by atoms with Gasteiger partial charge in [-0.2, -0.15) is 0 Å². The number of aromatic nitrogens is 2. The Morgan fingerprint density at radius 3 is 2.14 bits per heavy atom. The lowest BCUT2D eigenvalue weighted by molar-refractivity contribution is 0.594. The highest BCUT2D eigenvalue weighted by atomic mass is 32.2. The summed E-state index contributed by atoms with van der Waals surface area (Å²) in [6.45, 7) is 0. The smallest absolute Gasteiger partial charge is 0.271 e. The minimum absolute atomic E-state index is 0.239. The molecule has 0 aliphatic rings. The van der Waals surface area contributed by atoms with Crippen molar-refractivity contribution in [3.05, 3.63) is 82.8 Å². The molecule has 0 spiro atoms.